The molecule has 0 spiro atoms. The van der Waals surface area contributed by atoms with E-state index in [1.165, 1.54) is 86.6 Å². The zero-order valence-electron chi connectivity index (χ0n) is 32.9. The van der Waals surface area contributed by atoms with Gasteiger partial charge in [-0.3, -0.25) is 0 Å². The summed E-state index contributed by atoms with van der Waals surface area (Å²) in [6.45, 7) is 0. The molecule has 0 fully saturated rings. The van der Waals surface area contributed by atoms with Crippen LogP contribution in [0.2, 0.25) is 0 Å². The van der Waals surface area contributed by atoms with Crippen LogP contribution in [0.15, 0.2) is 237 Å². The van der Waals surface area contributed by atoms with Gasteiger partial charge in [-0.05, 0) is 96.7 Å². The predicted molar refractivity (Wildman–Crippen MR) is 259 cm³/mol. The minimum atomic E-state index is 1.10. The molecule has 0 N–H and O–H groups in total. The van der Waals surface area contributed by atoms with Crippen LogP contribution in [0.3, 0.4) is 0 Å². The fourth-order valence-electron chi connectivity index (χ4n) is 8.86. The molecule has 0 aliphatic rings. The number of anilines is 3. The number of fused-ring (bicyclic) bond motifs is 4. The molecule has 10 aromatic carbocycles. The van der Waals surface area contributed by atoms with Gasteiger partial charge < -0.3 is 4.90 Å². The lowest BCUT2D eigenvalue weighted by Gasteiger charge is -2.26. The molecule has 0 aliphatic carbocycles. The molecule has 0 bridgehead atoms. The molecule has 0 unspecified atom stereocenters. The fourth-order valence-corrected chi connectivity index (χ4v) is 10.2. The Bertz CT molecular complexity index is 3260. The van der Waals surface area contributed by atoms with Crippen molar-refractivity contribution in [3.63, 3.8) is 0 Å². The van der Waals surface area contributed by atoms with Crippen molar-refractivity contribution >= 4 is 59.3 Å². The zero-order chi connectivity index (χ0) is 39.8. The molecule has 0 saturated heterocycles. The van der Waals surface area contributed by atoms with Gasteiger partial charge in [0.25, 0.3) is 0 Å². The van der Waals surface area contributed by atoms with Crippen molar-refractivity contribution in [3.8, 4) is 55.6 Å². The quantitative estimate of drug-likeness (QED) is 0.148. The van der Waals surface area contributed by atoms with E-state index >= 15 is 0 Å². The van der Waals surface area contributed by atoms with Crippen molar-refractivity contribution in [2.24, 2.45) is 0 Å². The average molecular weight is 782 g/mol. The third-order valence-electron chi connectivity index (χ3n) is 11.7. The Balaban J connectivity index is 1.11. The van der Waals surface area contributed by atoms with Crippen LogP contribution in [0, 0.1) is 0 Å². The summed E-state index contributed by atoms with van der Waals surface area (Å²) in [5.41, 5.74) is 15.6. The lowest BCUT2D eigenvalue weighted by atomic mass is 9.91. The van der Waals surface area contributed by atoms with Gasteiger partial charge in [0.1, 0.15) is 0 Å². The largest absolute Gasteiger partial charge is 0.309 e. The van der Waals surface area contributed by atoms with Crippen LogP contribution in [0.4, 0.5) is 17.1 Å². The number of benzene rings is 10. The zero-order valence-corrected chi connectivity index (χ0v) is 33.7. The number of hydrogen-bond acceptors (Lipinski definition) is 2. The highest BCUT2D eigenvalue weighted by molar-refractivity contribution is 7.27. The van der Waals surface area contributed by atoms with Gasteiger partial charge >= 0.3 is 0 Å². The van der Waals surface area contributed by atoms with Crippen LogP contribution in [-0.4, -0.2) is 0 Å². The second kappa shape index (κ2) is 15.3. The van der Waals surface area contributed by atoms with Gasteiger partial charge in [0, 0.05) is 26.8 Å². The predicted octanol–water partition coefficient (Wildman–Crippen LogP) is 17.0. The van der Waals surface area contributed by atoms with Gasteiger partial charge in [-0.15, -0.1) is 11.3 Å². The maximum absolute atomic E-state index is 2.44. The second-order valence-electron chi connectivity index (χ2n) is 15.2. The van der Waals surface area contributed by atoms with Crippen LogP contribution in [0.5, 0.6) is 0 Å². The van der Waals surface area contributed by atoms with Gasteiger partial charge in [0.05, 0.1) is 10.4 Å². The van der Waals surface area contributed by atoms with Gasteiger partial charge in [0.2, 0.25) is 0 Å². The van der Waals surface area contributed by atoms with E-state index in [2.05, 4.69) is 241 Å². The standard InChI is InChI=1S/C58H39NS/c1-5-16-40(17-6-1)41-30-34-47(35-31-41)59(48-36-32-45(33-37-48)50-27-14-25-46-24-13-26-49(55(46)50)42-18-7-2-8-19-42)54-29-15-28-53-56-51(43-20-9-3-10-21-43)38-39-52(58(56)60-57(53)54)44-22-11-4-12-23-44/h1-39H. The Morgan fingerprint density at radius 3 is 1.23 bits per heavy atom. The molecule has 1 nitrogen and oxygen atoms in total. The van der Waals surface area contributed by atoms with Crippen molar-refractivity contribution in [1.82, 2.24) is 0 Å². The molecular weight excluding hydrogens is 743 g/mol. The van der Waals surface area contributed by atoms with E-state index in [1.54, 1.807) is 0 Å². The van der Waals surface area contributed by atoms with Crippen LogP contribution in [0.25, 0.3) is 86.6 Å². The number of nitrogens with zero attached hydrogens (tertiary/aromatic N) is 1. The number of rotatable bonds is 8. The lowest BCUT2D eigenvalue weighted by Crippen LogP contribution is -2.10. The minimum Gasteiger partial charge on any atom is -0.309 e. The number of thiophene rings is 1. The van der Waals surface area contributed by atoms with Crippen molar-refractivity contribution in [3.05, 3.63) is 237 Å². The normalized spacial score (nSPS) is 11.3. The summed E-state index contributed by atoms with van der Waals surface area (Å²) >= 11 is 1.90. The molecule has 11 rings (SSSR count). The molecule has 0 amide bonds. The lowest BCUT2D eigenvalue weighted by molar-refractivity contribution is 1.30. The van der Waals surface area contributed by atoms with E-state index in [0.717, 1.165) is 17.1 Å². The first-order chi connectivity index (χ1) is 29.8. The molecule has 1 aromatic heterocycles. The summed E-state index contributed by atoms with van der Waals surface area (Å²) in [7, 11) is 0. The van der Waals surface area contributed by atoms with E-state index in [0.29, 0.717) is 0 Å². The van der Waals surface area contributed by atoms with Crippen LogP contribution < -0.4 is 4.90 Å². The SMILES string of the molecule is c1ccc(-c2ccc(N(c3ccc(-c4cccc5cccc(-c6ccccc6)c45)cc3)c3cccc4c3sc3c(-c5ccccc5)ccc(-c5ccccc5)c34)cc2)cc1. The van der Waals surface area contributed by atoms with E-state index in [4.69, 9.17) is 0 Å². The first kappa shape index (κ1) is 35.6. The highest BCUT2D eigenvalue weighted by Gasteiger charge is 2.22. The van der Waals surface area contributed by atoms with Crippen LogP contribution in [0.1, 0.15) is 0 Å². The molecular formula is C58H39NS. The Hall–Kier alpha value is -7.52. The third-order valence-corrected chi connectivity index (χ3v) is 13.0. The molecule has 60 heavy (non-hydrogen) atoms. The molecule has 2 heteroatoms. The smallest absolute Gasteiger partial charge is 0.0640 e. The molecule has 11 aromatic rings. The van der Waals surface area contributed by atoms with Gasteiger partial charge in [0.15, 0.2) is 0 Å². The molecule has 282 valence electrons. The Morgan fingerprint density at radius 1 is 0.267 bits per heavy atom. The summed E-state index contributed by atoms with van der Waals surface area (Å²) in [4.78, 5) is 2.44. The van der Waals surface area contributed by atoms with Gasteiger partial charge in [-0.2, -0.15) is 0 Å². The highest BCUT2D eigenvalue weighted by atomic mass is 32.1. The molecule has 0 aliphatic heterocycles. The van der Waals surface area contributed by atoms with Crippen molar-refractivity contribution in [2.45, 2.75) is 0 Å². The first-order valence-corrected chi connectivity index (χ1v) is 21.3. The van der Waals surface area contributed by atoms with Crippen molar-refractivity contribution in [1.29, 1.82) is 0 Å². The summed E-state index contributed by atoms with van der Waals surface area (Å²) in [6, 6.07) is 85.9. The minimum absolute atomic E-state index is 1.10. The molecule has 0 saturated carbocycles. The molecule has 1 heterocycles. The topological polar surface area (TPSA) is 3.24 Å². The maximum Gasteiger partial charge on any atom is 0.0640 e. The third kappa shape index (κ3) is 6.35. The molecule has 0 atom stereocenters. The summed E-state index contributed by atoms with van der Waals surface area (Å²) in [5, 5.41) is 5.06. The Labute approximate surface area is 354 Å². The molecule has 0 radical (unpaired) electrons. The first-order valence-electron chi connectivity index (χ1n) is 20.5. The van der Waals surface area contributed by atoms with Crippen molar-refractivity contribution in [2.75, 3.05) is 4.90 Å². The highest BCUT2D eigenvalue weighted by Crippen LogP contribution is 2.50. The monoisotopic (exact) mass is 781 g/mol. The van der Waals surface area contributed by atoms with E-state index in [1.807, 2.05) is 11.3 Å². The summed E-state index contributed by atoms with van der Waals surface area (Å²) < 4.78 is 2.55. The maximum atomic E-state index is 2.44. The Kier molecular flexibility index (Phi) is 9.11. The average Bonchev–Trinajstić information content (AvgIpc) is 3.73. The Morgan fingerprint density at radius 2 is 0.683 bits per heavy atom. The van der Waals surface area contributed by atoms with E-state index < -0.39 is 0 Å². The second-order valence-corrected chi connectivity index (χ2v) is 16.2. The van der Waals surface area contributed by atoms with E-state index in [9.17, 15) is 0 Å². The van der Waals surface area contributed by atoms with Crippen LogP contribution in [-0.2, 0) is 0 Å². The number of hydrogen-bond donors (Lipinski definition) is 0. The summed E-state index contributed by atoms with van der Waals surface area (Å²) in [6.07, 6.45) is 0. The van der Waals surface area contributed by atoms with Crippen LogP contribution >= 0.6 is 11.3 Å². The fraction of sp³-hybridized carbons (Fsp3) is 0. The van der Waals surface area contributed by atoms with Crippen molar-refractivity contribution < 1.29 is 0 Å². The van der Waals surface area contributed by atoms with E-state index in [-0.39, 0.29) is 0 Å². The van der Waals surface area contributed by atoms with Gasteiger partial charge in [-0.1, -0.05) is 206 Å². The summed E-state index contributed by atoms with van der Waals surface area (Å²) in [5.74, 6) is 0. The van der Waals surface area contributed by atoms with Gasteiger partial charge in [-0.25, -0.2) is 0 Å².